The molecule has 50 valence electrons. The van der Waals surface area contributed by atoms with Gasteiger partial charge in [-0.2, -0.15) is 0 Å². The van der Waals surface area contributed by atoms with Crippen LogP contribution in [0.15, 0.2) is 0 Å². The molecule has 0 aliphatic heterocycles. The molecule has 0 atom stereocenters. The Labute approximate surface area is 96.1 Å². The van der Waals surface area contributed by atoms with Crippen molar-refractivity contribution in [3.05, 3.63) is 0 Å². The second-order valence-electron chi connectivity index (χ2n) is 1.07. The normalized spacial score (nSPS) is 10.4. The van der Waals surface area contributed by atoms with Crippen LogP contribution in [0.25, 0.3) is 0 Å². The molecule has 0 heterocycles. The molecule has 0 rings (SSSR count). The predicted octanol–water partition coefficient (Wildman–Crippen LogP) is -4.97. The molecule has 0 bridgehead atoms. The van der Waals surface area contributed by atoms with Crippen molar-refractivity contribution in [2.75, 3.05) is 13.2 Å². The monoisotopic (exact) mass is 179 g/mol. The molecule has 0 aliphatic carbocycles. The zero-order valence-corrected chi connectivity index (χ0v) is 8.93. The van der Waals surface area contributed by atoms with Gasteiger partial charge in [0.2, 0.25) is 0 Å². The van der Waals surface area contributed by atoms with Crippen LogP contribution in [0, 0.1) is 0 Å². The maximum atomic E-state index is 9.61. The van der Waals surface area contributed by atoms with Gasteiger partial charge in [0.05, 0.1) is 6.61 Å². The Hall–Kier alpha value is 1.47. The van der Waals surface area contributed by atoms with Gasteiger partial charge in [-0.1, -0.05) is 0 Å². The van der Waals surface area contributed by atoms with Gasteiger partial charge < -0.3 is 9.66 Å². The average Bonchev–Trinajstić information content (AvgIpc) is 1.59. The van der Waals surface area contributed by atoms with E-state index in [2.05, 4.69) is 0 Å². The fourth-order valence-corrected chi connectivity index (χ4v) is 0.512. The Morgan fingerprint density at radius 2 is 2.00 bits per heavy atom. The summed E-state index contributed by atoms with van der Waals surface area (Å²) in [4.78, 5) is 0. The summed E-state index contributed by atoms with van der Waals surface area (Å²) in [6.07, 6.45) is 0. The van der Waals surface area contributed by atoms with Gasteiger partial charge in [0.25, 0.3) is 0 Å². The molecule has 5 nitrogen and oxygen atoms in total. The van der Waals surface area contributed by atoms with E-state index in [4.69, 9.17) is 5.11 Å². The van der Waals surface area contributed by atoms with Gasteiger partial charge in [0.15, 0.2) is 10.3 Å². The fourth-order valence-electron chi connectivity index (χ4n) is 0.171. The van der Waals surface area contributed by atoms with E-state index in [0.717, 1.165) is 0 Å². The first kappa shape index (κ1) is 13.1. The van der Waals surface area contributed by atoms with Crippen molar-refractivity contribution in [3.63, 3.8) is 0 Å². The Morgan fingerprint density at radius 3 is 2.11 bits per heavy atom. The van der Waals surface area contributed by atoms with Crippen LogP contribution in [0.1, 0.15) is 0 Å². The van der Waals surface area contributed by atoms with Crippen molar-refractivity contribution >= 4 is 10.3 Å². The zero-order valence-electron chi connectivity index (χ0n) is 4.99. The summed E-state index contributed by atoms with van der Waals surface area (Å²) >= 11 is 0. The third kappa shape index (κ3) is 12.6. The number of aliphatic hydroxyl groups is 1. The summed E-state index contributed by atoms with van der Waals surface area (Å²) in [7, 11) is -4.35. The van der Waals surface area contributed by atoms with E-state index in [1.807, 2.05) is 0 Å². The SMILES string of the molecule is O=S(=O)([O-])NCCO.[K+]. The van der Waals surface area contributed by atoms with Crippen LogP contribution >= 0.6 is 0 Å². The van der Waals surface area contributed by atoms with E-state index >= 15 is 0 Å². The van der Waals surface area contributed by atoms with Gasteiger partial charge in [0.1, 0.15) is 0 Å². The molecular weight excluding hydrogens is 173 g/mol. The topological polar surface area (TPSA) is 89.5 Å². The largest absolute Gasteiger partial charge is 1.00 e. The minimum Gasteiger partial charge on any atom is -0.735 e. The van der Waals surface area contributed by atoms with Gasteiger partial charge in [-0.3, -0.25) is 0 Å². The van der Waals surface area contributed by atoms with Crippen LogP contribution in [0.2, 0.25) is 0 Å². The number of hydrogen-bond donors (Lipinski definition) is 2. The predicted molar refractivity (Wildman–Crippen MR) is 24.8 cm³/mol. The number of nitrogens with one attached hydrogen (secondary N) is 1. The quantitative estimate of drug-likeness (QED) is 0.335. The molecular formula is C2H6KNO4S. The van der Waals surface area contributed by atoms with Gasteiger partial charge in [-0.25, -0.2) is 13.1 Å². The smallest absolute Gasteiger partial charge is 0.735 e. The molecule has 0 aliphatic rings. The van der Waals surface area contributed by atoms with Crippen LogP contribution in [-0.4, -0.2) is 31.2 Å². The fraction of sp³-hybridized carbons (Fsp3) is 1.00. The molecule has 0 fully saturated rings. The van der Waals surface area contributed by atoms with Crippen LogP contribution < -0.4 is 56.1 Å². The second kappa shape index (κ2) is 6.19. The molecule has 0 aromatic carbocycles. The summed E-state index contributed by atoms with van der Waals surface area (Å²) in [5, 5.41) is 7.96. The van der Waals surface area contributed by atoms with Crippen molar-refractivity contribution < 1.29 is 69.5 Å². The maximum Gasteiger partial charge on any atom is 1.00 e. The van der Waals surface area contributed by atoms with Gasteiger partial charge >= 0.3 is 51.4 Å². The third-order valence-corrected chi connectivity index (χ3v) is 0.948. The standard InChI is InChI=1S/C2H7NO4S.K/c4-2-1-3-8(5,6)7;/h3-4H,1-2H2,(H,5,6,7);/q;+1/p-1. The molecule has 2 N–H and O–H groups in total. The summed E-state index contributed by atoms with van der Waals surface area (Å²) < 4.78 is 30.4. The molecule has 0 unspecified atom stereocenters. The Bertz CT molecular complexity index is 143. The van der Waals surface area contributed by atoms with E-state index in [1.54, 1.807) is 0 Å². The van der Waals surface area contributed by atoms with Crippen molar-refractivity contribution in [3.8, 4) is 0 Å². The molecule has 0 spiro atoms. The summed E-state index contributed by atoms with van der Waals surface area (Å²) in [6, 6.07) is 0. The minimum atomic E-state index is -4.35. The molecule has 0 aromatic rings. The molecule has 9 heavy (non-hydrogen) atoms. The van der Waals surface area contributed by atoms with Crippen molar-refractivity contribution in [1.82, 2.24) is 4.72 Å². The number of rotatable bonds is 3. The van der Waals surface area contributed by atoms with Crippen molar-refractivity contribution in [2.45, 2.75) is 0 Å². The maximum absolute atomic E-state index is 9.61. The molecule has 0 radical (unpaired) electrons. The van der Waals surface area contributed by atoms with Crippen molar-refractivity contribution in [2.24, 2.45) is 0 Å². The van der Waals surface area contributed by atoms with E-state index in [1.165, 1.54) is 4.72 Å². The molecule has 0 saturated carbocycles. The Balaban J connectivity index is 0. The zero-order chi connectivity index (χ0) is 6.62. The van der Waals surface area contributed by atoms with E-state index in [0.29, 0.717) is 0 Å². The molecule has 0 aromatic heterocycles. The molecule has 0 saturated heterocycles. The Morgan fingerprint density at radius 1 is 1.56 bits per heavy atom. The average molecular weight is 179 g/mol. The van der Waals surface area contributed by atoms with Crippen LogP contribution in [0.3, 0.4) is 0 Å². The second-order valence-corrected chi connectivity index (χ2v) is 2.27. The van der Waals surface area contributed by atoms with E-state index < -0.39 is 10.3 Å². The first-order valence-corrected chi connectivity index (χ1v) is 3.28. The first-order chi connectivity index (χ1) is 3.56. The van der Waals surface area contributed by atoms with E-state index in [-0.39, 0.29) is 64.5 Å². The summed E-state index contributed by atoms with van der Waals surface area (Å²) in [6.45, 7) is -0.576. The van der Waals surface area contributed by atoms with Crippen LogP contribution in [0.5, 0.6) is 0 Å². The molecule has 0 amide bonds. The first-order valence-electron chi connectivity index (χ1n) is 1.87. The van der Waals surface area contributed by atoms with Crippen molar-refractivity contribution in [1.29, 1.82) is 0 Å². The van der Waals surface area contributed by atoms with Gasteiger partial charge in [0, 0.05) is 6.54 Å². The van der Waals surface area contributed by atoms with Gasteiger partial charge in [-0.15, -0.1) is 0 Å². The summed E-state index contributed by atoms with van der Waals surface area (Å²) in [5.74, 6) is 0. The van der Waals surface area contributed by atoms with E-state index in [9.17, 15) is 13.0 Å². The third-order valence-electron chi connectivity index (χ3n) is 0.391. The number of aliphatic hydroxyl groups excluding tert-OH is 1. The minimum absolute atomic E-state index is 0. The van der Waals surface area contributed by atoms with Crippen LogP contribution in [-0.2, 0) is 10.3 Å². The van der Waals surface area contributed by atoms with Gasteiger partial charge in [-0.05, 0) is 0 Å². The number of hydrogen-bond acceptors (Lipinski definition) is 4. The molecule has 7 heteroatoms. The summed E-state index contributed by atoms with van der Waals surface area (Å²) in [5.41, 5.74) is 0. The Kier molecular flexibility index (Phi) is 9.01. The van der Waals surface area contributed by atoms with Crippen LogP contribution in [0.4, 0.5) is 0 Å².